The number of benzene rings is 1. The van der Waals surface area contributed by atoms with Crippen LogP contribution in [0.5, 0.6) is 5.75 Å². The van der Waals surface area contributed by atoms with Crippen molar-refractivity contribution in [2.75, 3.05) is 26.7 Å². The van der Waals surface area contributed by atoms with Gasteiger partial charge in [-0.3, -0.25) is 0 Å². The van der Waals surface area contributed by atoms with Crippen LogP contribution < -0.4 is 5.11 Å². The summed E-state index contributed by atoms with van der Waals surface area (Å²) in [5.41, 5.74) is 1.35. The molecule has 0 N–H and O–H groups in total. The van der Waals surface area contributed by atoms with Gasteiger partial charge in [-0.1, -0.05) is 143 Å². The largest absolute Gasteiger partial charge is 0.872 e. The summed E-state index contributed by atoms with van der Waals surface area (Å²) in [5, 5.41) is 10.7. The first-order valence-electron chi connectivity index (χ1n) is 16.3. The second kappa shape index (κ2) is 22.9. The highest BCUT2D eigenvalue weighted by atomic mass is 16.3. The van der Waals surface area contributed by atoms with E-state index in [-0.39, 0.29) is 11.2 Å². The molecule has 0 amide bonds. The summed E-state index contributed by atoms with van der Waals surface area (Å²) in [5.74, 6) is 0.0815. The molecule has 0 aliphatic carbocycles. The minimum atomic E-state index is 0.0815. The Hall–Kier alpha value is -1.02. The van der Waals surface area contributed by atoms with Crippen molar-refractivity contribution >= 4 is 0 Å². The van der Waals surface area contributed by atoms with Crippen molar-refractivity contribution in [3.8, 4) is 5.75 Å². The minimum absolute atomic E-state index is 0.0815. The smallest absolute Gasteiger partial charge is 0.0784 e. The molecule has 2 nitrogen and oxygen atoms in total. The van der Waals surface area contributed by atoms with Gasteiger partial charge < -0.3 is 9.59 Å². The Morgan fingerprint density at radius 3 is 1.11 bits per heavy atom. The van der Waals surface area contributed by atoms with Crippen molar-refractivity contribution in [1.29, 1.82) is 0 Å². The third-order valence-electron chi connectivity index (χ3n) is 7.87. The molecule has 0 aliphatic heterocycles. The van der Waals surface area contributed by atoms with E-state index in [1.54, 1.807) is 12.1 Å². The second-order valence-corrected chi connectivity index (χ2v) is 12.9. The molecule has 218 valence electrons. The molecular formula is C35H67NO. The van der Waals surface area contributed by atoms with Crippen molar-refractivity contribution in [3.05, 3.63) is 29.8 Å². The molecule has 0 fully saturated rings. The third kappa shape index (κ3) is 21.6. The molecule has 0 bridgehead atoms. The topological polar surface area (TPSA) is 23.1 Å². The van der Waals surface area contributed by atoms with Gasteiger partial charge in [-0.25, -0.2) is 0 Å². The average molecular weight is 518 g/mol. The van der Waals surface area contributed by atoms with E-state index in [2.05, 4.69) is 48.6 Å². The molecule has 0 atom stereocenters. The molecule has 0 spiro atoms. The zero-order chi connectivity index (χ0) is 27.8. The summed E-state index contributed by atoms with van der Waals surface area (Å²) >= 11 is 0. The SMILES string of the molecule is CC(C)(C)c1ccc([O-])cc1.CCCCCCCC[N+](C)(CCCCCCCC)CCCCCCCC. The Balaban J connectivity index is 0.000000970. The van der Waals surface area contributed by atoms with E-state index >= 15 is 0 Å². The summed E-state index contributed by atoms with van der Waals surface area (Å²) in [7, 11) is 2.56. The van der Waals surface area contributed by atoms with Gasteiger partial charge in [-0.15, -0.1) is 5.75 Å². The fraction of sp³-hybridized carbons (Fsp3) is 0.829. The first-order valence-corrected chi connectivity index (χ1v) is 16.3. The number of quaternary nitrogens is 1. The highest BCUT2D eigenvalue weighted by Gasteiger charge is 2.20. The minimum Gasteiger partial charge on any atom is -0.872 e. The molecular weight excluding hydrogens is 450 g/mol. The third-order valence-corrected chi connectivity index (χ3v) is 7.87. The van der Waals surface area contributed by atoms with Crippen LogP contribution in [0.15, 0.2) is 24.3 Å². The Morgan fingerprint density at radius 1 is 0.514 bits per heavy atom. The van der Waals surface area contributed by atoms with Gasteiger partial charge in [0.05, 0.1) is 26.7 Å². The van der Waals surface area contributed by atoms with Crippen LogP contribution >= 0.6 is 0 Å². The predicted octanol–water partition coefficient (Wildman–Crippen LogP) is 10.6. The maximum atomic E-state index is 10.7. The zero-order valence-corrected chi connectivity index (χ0v) is 26.5. The zero-order valence-electron chi connectivity index (χ0n) is 26.5. The van der Waals surface area contributed by atoms with E-state index in [1.165, 1.54) is 145 Å². The Bertz CT molecular complexity index is 560. The lowest BCUT2D eigenvalue weighted by atomic mass is 9.87. The molecule has 0 aliphatic rings. The van der Waals surface area contributed by atoms with Crippen LogP contribution in [0.25, 0.3) is 0 Å². The molecule has 2 heteroatoms. The molecule has 0 aromatic heterocycles. The van der Waals surface area contributed by atoms with Crippen LogP contribution in [0, 0.1) is 0 Å². The summed E-state index contributed by atoms with van der Waals surface area (Å²) in [4.78, 5) is 0. The van der Waals surface area contributed by atoms with Crippen molar-refractivity contribution in [2.24, 2.45) is 0 Å². The molecule has 1 rings (SSSR count). The molecule has 0 unspecified atom stereocenters. The lowest BCUT2D eigenvalue weighted by Crippen LogP contribution is -2.46. The van der Waals surface area contributed by atoms with Crippen LogP contribution in [-0.4, -0.2) is 31.2 Å². The number of unbranched alkanes of at least 4 members (excludes halogenated alkanes) is 15. The molecule has 0 saturated carbocycles. The van der Waals surface area contributed by atoms with E-state index in [0.29, 0.717) is 0 Å². The predicted molar refractivity (Wildman–Crippen MR) is 166 cm³/mol. The van der Waals surface area contributed by atoms with E-state index in [0.717, 1.165) is 0 Å². The maximum absolute atomic E-state index is 10.7. The summed E-state index contributed by atoms with van der Waals surface area (Å²) < 4.78 is 1.36. The summed E-state index contributed by atoms with van der Waals surface area (Å²) in [6.45, 7) is 17.6. The second-order valence-electron chi connectivity index (χ2n) is 12.9. The summed E-state index contributed by atoms with van der Waals surface area (Å²) in [6.07, 6.45) is 25.9. The number of rotatable bonds is 21. The van der Waals surface area contributed by atoms with Gasteiger partial charge in [0.25, 0.3) is 0 Å². The monoisotopic (exact) mass is 518 g/mol. The normalized spacial score (nSPS) is 11.9. The molecule has 0 saturated heterocycles. The van der Waals surface area contributed by atoms with Gasteiger partial charge in [-0.05, 0) is 49.5 Å². The van der Waals surface area contributed by atoms with Gasteiger partial charge in [0.15, 0.2) is 0 Å². The summed E-state index contributed by atoms with van der Waals surface area (Å²) in [6, 6.07) is 7.01. The fourth-order valence-electron chi connectivity index (χ4n) is 5.11. The van der Waals surface area contributed by atoms with Crippen LogP contribution in [0.2, 0.25) is 0 Å². The van der Waals surface area contributed by atoms with Crippen LogP contribution in [0.1, 0.15) is 163 Å². The quantitative estimate of drug-likeness (QED) is 0.117. The van der Waals surface area contributed by atoms with E-state index < -0.39 is 0 Å². The lowest BCUT2D eigenvalue weighted by molar-refractivity contribution is -0.910. The Morgan fingerprint density at radius 2 is 0.811 bits per heavy atom. The first kappa shape index (κ1) is 36.0. The lowest BCUT2D eigenvalue weighted by Gasteiger charge is -2.35. The van der Waals surface area contributed by atoms with Crippen LogP contribution in [0.4, 0.5) is 0 Å². The molecule has 0 heterocycles. The van der Waals surface area contributed by atoms with E-state index in [1.807, 2.05) is 12.1 Å². The van der Waals surface area contributed by atoms with Crippen molar-refractivity contribution < 1.29 is 9.59 Å². The fourth-order valence-corrected chi connectivity index (χ4v) is 5.11. The Labute approximate surface area is 234 Å². The number of hydrogen-bond donors (Lipinski definition) is 0. The van der Waals surface area contributed by atoms with Gasteiger partial charge in [0, 0.05) is 0 Å². The standard InChI is InChI=1S/C25H54N.C10H14O/c1-5-8-11-14-17-20-23-26(4,24-21-18-15-12-9-6-2)25-22-19-16-13-10-7-3;1-10(2,3)8-4-6-9(11)7-5-8/h5-25H2,1-4H3;4-7,11H,1-3H3/q+1;/p-1. The number of hydrogen-bond acceptors (Lipinski definition) is 1. The Kier molecular flexibility index (Phi) is 22.3. The molecule has 0 radical (unpaired) electrons. The van der Waals surface area contributed by atoms with Crippen molar-refractivity contribution in [2.45, 2.75) is 163 Å². The van der Waals surface area contributed by atoms with Crippen molar-refractivity contribution in [1.82, 2.24) is 0 Å². The first-order chi connectivity index (χ1) is 17.7. The molecule has 1 aromatic rings. The van der Waals surface area contributed by atoms with Crippen LogP contribution in [0.3, 0.4) is 0 Å². The van der Waals surface area contributed by atoms with Gasteiger partial charge >= 0.3 is 0 Å². The highest BCUT2D eigenvalue weighted by Crippen LogP contribution is 2.22. The molecule has 37 heavy (non-hydrogen) atoms. The van der Waals surface area contributed by atoms with E-state index in [9.17, 15) is 5.11 Å². The maximum Gasteiger partial charge on any atom is 0.0784 e. The van der Waals surface area contributed by atoms with Gasteiger partial charge in [0.2, 0.25) is 0 Å². The van der Waals surface area contributed by atoms with E-state index in [4.69, 9.17) is 0 Å². The van der Waals surface area contributed by atoms with Gasteiger partial charge in [0.1, 0.15) is 0 Å². The highest BCUT2D eigenvalue weighted by molar-refractivity contribution is 5.29. The van der Waals surface area contributed by atoms with Gasteiger partial charge in [-0.2, -0.15) is 0 Å². The number of nitrogens with zero attached hydrogens (tertiary/aromatic N) is 1. The average Bonchev–Trinajstić information content (AvgIpc) is 2.86. The van der Waals surface area contributed by atoms with Crippen molar-refractivity contribution in [3.63, 3.8) is 0 Å². The molecule has 1 aromatic carbocycles. The van der Waals surface area contributed by atoms with Crippen LogP contribution in [-0.2, 0) is 5.41 Å².